The maximum absolute atomic E-state index is 12.3. The van der Waals surface area contributed by atoms with Crippen LogP contribution in [0.25, 0.3) is 0 Å². The number of rotatable bonds is 6. The third kappa shape index (κ3) is 4.85. The lowest BCUT2D eigenvalue weighted by atomic mass is 9.79. The number of benzene rings is 1. The zero-order valence-corrected chi connectivity index (χ0v) is 13.3. The summed E-state index contributed by atoms with van der Waals surface area (Å²) in [5, 5.41) is 6.57. The van der Waals surface area contributed by atoms with Crippen LogP contribution in [0, 0.1) is 0 Å². The van der Waals surface area contributed by atoms with E-state index in [1.54, 1.807) is 0 Å². The second-order valence-electron chi connectivity index (χ2n) is 6.43. The summed E-state index contributed by atoms with van der Waals surface area (Å²) in [5.41, 5.74) is 1.29. The number of carbonyl (C=O) groups excluding carboxylic acids is 1. The number of hydrogen-bond acceptors (Lipinski definition) is 2. The summed E-state index contributed by atoms with van der Waals surface area (Å²) in [6.07, 6.45) is 7.48. The Hall–Kier alpha value is -1.35. The molecule has 0 aliphatic heterocycles. The highest BCUT2D eigenvalue weighted by Crippen LogP contribution is 2.30. The average molecular weight is 288 g/mol. The molecule has 1 aromatic carbocycles. The van der Waals surface area contributed by atoms with Crippen molar-refractivity contribution in [2.45, 2.75) is 63.5 Å². The van der Waals surface area contributed by atoms with Crippen molar-refractivity contribution in [3.05, 3.63) is 35.9 Å². The average Bonchev–Trinajstić information content (AvgIpc) is 2.48. The fourth-order valence-corrected chi connectivity index (χ4v) is 3.40. The Morgan fingerprint density at radius 3 is 2.48 bits per heavy atom. The molecule has 1 atom stereocenters. The highest BCUT2D eigenvalue weighted by molar-refractivity contribution is 5.77. The van der Waals surface area contributed by atoms with Crippen molar-refractivity contribution in [2.75, 3.05) is 7.05 Å². The van der Waals surface area contributed by atoms with Crippen molar-refractivity contribution in [2.24, 2.45) is 0 Å². The van der Waals surface area contributed by atoms with Gasteiger partial charge in [0.15, 0.2) is 0 Å². The highest BCUT2D eigenvalue weighted by atomic mass is 16.1. The third-order valence-electron chi connectivity index (χ3n) is 4.63. The first-order valence-corrected chi connectivity index (χ1v) is 8.16. The van der Waals surface area contributed by atoms with Crippen LogP contribution in [0.1, 0.15) is 51.0 Å². The van der Waals surface area contributed by atoms with Crippen LogP contribution >= 0.6 is 0 Å². The summed E-state index contributed by atoms with van der Waals surface area (Å²) < 4.78 is 0. The van der Waals surface area contributed by atoms with Crippen LogP contribution in [-0.2, 0) is 11.2 Å². The summed E-state index contributed by atoms with van der Waals surface area (Å²) >= 11 is 0. The predicted molar refractivity (Wildman–Crippen MR) is 87.2 cm³/mol. The second kappa shape index (κ2) is 7.60. The molecule has 1 saturated carbocycles. The molecule has 2 rings (SSSR count). The first kappa shape index (κ1) is 16.0. The molecule has 0 saturated heterocycles. The molecule has 0 bridgehead atoms. The van der Waals surface area contributed by atoms with Crippen LogP contribution in [0.4, 0.5) is 0 Å². The first-order chi connectivity index (χ1) is 10.1. The maximum atomic E-state index is 12.3. The Balaban J connectivity index is 1.83. The van der Waals surface area contributed by atoms with E-state index < -0.39 is 0 Å². The largest absolute Gasteiger partial charge is 0.353 e. The summed E-state index contributed by atoms with van der Waals surface area (Å²) in [7, 11) is 1.99. The monoisotopic (exact) mass is 288 g/mol. The van der Waals surface area contributed by atoms with Crippen molar-refractivity contribution in [3.8, 4) is 0 Å². The lowest BCUT2D eigenvalue weighted by Crippen LogP contribution is -2.49. The van der Waals surface area contributed by atoms with Crippen LogP contribution < -0.4 is 10.6 Å². The Labute approximate surface area is 128 Å². The van der Waals surface area contributed by atoms with Gasteiger partial charge in [-0.3, -0.25) is 4.79 Å². The van der Waals surface area contributed by atoms with Gasteiger partial charge in [-0.25, -0.2) is 0 Å². The molecule has 21 heavy (non-hydrogen) atoms. The van der Waals surface area contributed by atoms with Gasteiger partial charge in [-0.1, -0.05) is 49.6 Å². The van der Waals surface area contributed by atoms with E-state index >= 15 is 0 Å². The third-order valence-corrected chi connectivity index (χ3v) is 4.63. The summed E-state index contributed by atoms with van der Waals surface area (Å²) in [5.74, 6) is 0.176. The molecule has 1 unspecified atom stereocenters. The zero-order chi connectivity index (χ0) is 15.1. The fourth-order valence-electron chi connectivity index (χ4n) is 3.40. The number of nitrogens with one attached hydrogen (secondary N) is 2. The number of amides is 1. The van der Waals surface area contributed by atoms with E-state index in [9.17, 15) is 4.79 Å². The Kier molecular flexibility index (Phi) is 5.80. The van der Waals surface area contributed by atoms with Crippen LogP contribution in [0.5, 0.6) is 0 Å². The minimum atomic E-state index is 0.0226. The van der Waals surface area contributed by atoms with E-state index in [1.807, 2.05) is 25.2 Å². The predicted octanol–water partition coefficient (Wildman–Crippen LogP) is 3.05. The molecule has 1 aliphatic rings. The van der Waals surface area contributed by atoms with Gasteiger partial charge >= 0.3 is 0 Å². The molecule has 3 nitrogen and oxygen atoms in total. The number of carbonyl (C=O) groups is 1. The molecule has 0 heterocycles. The number of hydrogen-bond donors (Lipinski definition) is 2. The van der Waals surface area contributed by atoms with Gasteiger partial charge in [-0.2, -0.15) is 0 Å². The van der Waals surface area contributed by atoms with Gasteiger partial charge in [0.2, 0.25) is 5.91 Å². The van der Waals surface area contributed by atoms with Gasteiger partial charge < -0.3 is 10.6 Å². The van der Waals surface area contributed by atoms with Crippen LogP contribution in [0.3, 0.4) is 0 Å². The van der Waals surface area contributed by atoms with E-state index in [4.69, 9.17) is 0 Å². The van der Waals surface area contributed by atoms with E-state index in [0.29, 0.717) is 6.42 Å². The normalized spacial score (nSPS) is 19.0. The summed E-state index contributed by atoms with van der Waals surface area (Å²) in [6.45, 7) is 2.08. The Morgan fingerprint density at radius 2 is 1.86 bits per heavy atom. The lowest BCUT2D eigenvalue weighted by Gasteiger charge is -2.37. The van der Waals surface area contributed by atoms with Crippen molar-refractivity contribution in [1.82, 2.24) is 10.6 Å². The molecule has 1 aromatic rings. The molecular formula is C18H28N2O. The lowest BCUT2D eigenvalue weighted by molar-refractivity contribution is -0.123. The van der Waals surface area contributed by atoms with Gasteiger partial charge in [-0.15, -0.1) is 0 Å². The molecule has 0 spiro atoms. The van der Waals surface area contributed by atoms with Crippen LogP contribution in [0.2, 0.25) is 0 Å². The van der Waals surface area contributed by atoms with Crippen molar-refractivity contribution in [3.63, 3.8) is 0 Å². The van der Waals surface area contributed by atoms with E-state index in [2.05, 4.69) is 29.7 Å². The minimum absolute atomic E-state index is 0.0226. The topological polar surface area (TPSA) is 41.1 Å². The smallest absolute Gasteiger partial charge is 0.222 e. The van der Waals surface area contributed by atoms with Gasteiger partial charge in [0.25, 0.3) is 0 Å². The van der Waals surface area contributed by atoms with Crippen LogP contribution in [-0.4, -0.2) is 24.5 Å². The van der Waals surface area contributed by atoms with E-state index in [1.165, 1.54) is 24.8 Å². The standard InChI is InChI=1S/C18H28N2O/c1-15(13-16-9-5-3-6-10-16)20-17(21)14-18(19-2)11-7-4-8-12-18/h3,5-6,9-10,15,19H,4,7-8,11-14H2,1-2H3,(H,20,21). The molecule has 3 heteroatoms. The molecule has 1 aliphatic carbocycles. The zero-order valence-electron chi connectivity index (χ0n) is 13.3. The van der Waals surface area contributed by atoms with Gasteiger partial charge in [0, 0.05) is 18.0 Å². The molecule has 1 amide bonds. The van der Waals surface area contributed by atoms with Crippen molar-refractivity contribution in [1.29, 1.82) is 0 Å². The van der Waals surface area contributed by atoms with E-state index in [-0.39, 0.29) is 17.5 Å². The molecule has 2 N–H and O–H groups in total. The highest BCUT2D eigenvalue weighted by Gasteiger charge is 2.32. The Bertz CT molecular complexity index is 438. The molecule has 0 aromatic heterocycles. The van der Waals surface area contributed by atoms with Gasteiger partial charge in [-0.05, 0) is 38.8 Å². The van der Waals surface area contributed by atoms with Crippen LogP contribution in [0.15, 0.2) is 30.3 Å². The summed E-state index contributed by atoms with van der Waals surface area (Å²) in [4.78, 5) is 12.3. The SMILES string of the molecule is CNC1(CC(=O)NC(C)Cc2ccccc2)CCCCC1. The first-order valence-electron chi connectivity index (χ1n) is 8.16. The quantitative estimate of drug-likeness (QED) is 0.845. The van der Waals surface area contributed by atoms with Crippen molar-refractivity contribution >= 4 is 5.91 Å². The second-order valence-corrected chi connectivity index (χ2v) is 6.43. The van der Waals surface area contributed by atoms with E-state index in [0.717, 1.165) is 19.3 Å². The fraction of sp³-hybridized carbons (Fsp3) is 0.611. The van der Waals surface area contributed by atoms with Gasteiger partial charge in [0.1, 0.15) is 0 Å². The molecule has 0 radical (unpaired) electrons. The van der Waals surface area contributed by atoms with Crippen molar-refractivity contribution < 1.29 is 4.79 Å². The van der Waals surface area contributed by atoms with Gasteiger partial charge in [0.05, 0.1) is 0 Å². The molecule has 1 fully saturated rings. The molecule has 116 valence electrons. The Morgan fingerprint density at radius 1 is 1.19 bits per heavy atom. The molecular weight excluding hydrogens is 260 g/mol. The minimum Gasteiger partial charge on any atom is -0.353 e. The summed E-state index contributed by atoms with van der Waals surface area (Å²) in [6, 6.07) is 10.5. The maximum Gasteiger partial charge on any atom is 0.222 e.